The number of quaternary nitrogens is 1. The Morgan fingerprint density at radius 1 is 0.974 bits per heavy atom. The van der Waals surface area contributed by atoms with Crippen molar-refractivity contribution in [2.45, 2.75) is 86.6 Å². The molecular weight excluding hydrogens is 480 g/mol. The highest BCUT2D eigenvalue weighted by molar-refractivity contribution is 7.20. The summed E-state index contributed by atoms with van der Waals surface area (Å²) in [6.07, 6.45) is 10.1. The minimum atomic E-state index is 0.889. The number of rotatable bonds is 15. The highest BCUT2D eigenvalue weighted by atomic mass is 32.1. The molecule has 206 valence electrons. The van der Waals surface area contributed by atoms with E-state index in [0.717, 1.165) is 25.3 Å². The average molecular weight is 532 g/mol. The fourth-order valence-electron chi connectivity index (χ4n) is 6.28. The second-order valence-electron chi connectivity index (χ2n) is 11.7. The zero-order chi connectivity index (χ0) is 27.1. The van der Waals surface area contributed by atoms with Crippen LogP contribution in [0.5, 0.6) is 0 Å². The summed E-state index contributed by atoms with van der Waals surface area (Å²) in [5.74, 6) is 0.889. The van der Waals surface area contributed by atoms with Crippen LogP contribution in [0.1, 0.15) is 86.9 Å². The quantitative estimate of drug-likeness (QED) is 0.139. The molecule has 1 aliphatic carbocycles. The monoisotopic (exact) mass is 531 g/mol. The molecule has 0 N–H and O–H groups in total. The number of nitrogens with zero attached hydrogens (tertiary/aromatic N) is 2. The van der Waals surface area contributed by atoms with Gasteiger partial charge in [-0.1, -0.05) is 67.4 Å². The van der Waals surface area contributed by atoms with E-state index in [4.69, 9.17) is 0 Å². The summed E-state index contributed by atoms with van der Waals surface area (Å²) in [5.41, 5.74) is 7.35. The molecule has 0 aliphatic heterocycles. The van der Waals surface area contributed by atoms with Gasteiger partial charge < -0.3 is 9.38 Å². The van der Waals surface area contributed by atoms with Crippen molar-refractivity contribution in [2.75, 3.05) is 32.7 Å². The number of hydrogen-bond donors (Lipinski definition) is 0. The SMILES string of the molecule is CC/C=C(/c1sc2ccccc2c1CC)N(CCCC[N+](CC)(CC)Cc1cc(C)cc(C)c1)CC1CC1. The van der Waals surface area contributed by atoms with Crippen LogP contribution in [0, 0.1) is 19.8 Å². The Bertz CT molecular complexity index is 1190. The lowest BCUT2D eigenvalue weighted by Gasteiger charge is -2.37. The summed E-state index contributed by atoms with van der Waals surface area (Å²) in [5, 5.41) is 1.46. The van der Waals surface area contributed by atoms with E-state index in [1.54, 1.807) is 5.56 Å². The van der Waals surface area contributed by atoms with Gasteiger partial charge in [0.1, 0.15) is 6.54 Å². The molecule has 3 aromatic rings. The van der Waals surface area contributed by atoms with Gasteiger partial charge in [0.05, 0.1) is 30.2 Å². The lowest BCUT2D eigenvalue weighted by atomic mass is 10.0. The first-order valence-electron chi connectivity index (χ1n) is 15.3. The van der Waals surface area contributed by atoms with E-state index in [1.165, 1.54) is 100 Å². The van der Waals surface area contributed by atoms with Gasteiger partial charge in [0.2, 0.25) is 0 Å². The number of allylic oxidation sites excluding steroid dienone is 1. The Hall–Kier alpha value is -2.10. The van der Waals surface area contributed by atoms with Crippen molar-refractivity contribution in [2.24, 2.45) is 5.92 Å². The van der Waals surface area contributed by atoms with Crippen LogP contribution in [0.25, 0.3) is 15.8 Å². The van der Waals surface area contributed by atoms with Crippen LogP contribution < -0.4 is 0 Å². The number of fused-ring (bicyclic) bond motifs is 1. The van der Waals surface area contributed by atoms with Crippen molar-refractivity contribution in [1.29, 1.82) is 0 Å². The molecule has 0 radical (unpaired) electrons. The molecule has 0 saturated heterocycles. The molecule has 1 aliphatic rings. The maximum atomic E-state index is 2.78. The Morgan fingerprint density at radius 2 is 1.68 bits per heavy atom. The molecule has 2 nitrogen and oxygen atoms in total. The van der Waals surface area contributed by atoms with Crippen LogP contribution in [0.15, 0.2) is 48.5 Å². The fourth-order valence-corrected chi connectivity index (χ4v) is 7.64. The molecule has 1 aromatic heterocycles. The molecular formula is C35H51N2S+. The van der Waals surface area contributed by atoms with Crippen molar-refractivity contribution in [3.63, 3.8) is 0 Å². The molecule has 0 amide bonds. The molecule has 0 unspecified atom stereocenters. The Balaban J connectivity index is 1.48. The number of unbranched alkanes of at least 4 members (excludes halogenated alkanes) is 1. The first-order valence-corrected chi connectivity index (χ1v) is 16.1. The summed E-state index contributed by atoms with van der Waals surface area (Å²) in [4.78, 5) is 4.31. The largest absolute Gasteiger partial charge is 0.370 e. The third-order valence-electron chi connectivity index (χ3n) is 8.65. The van der Waals surface area contributed by atoms with E-state index in [9.17, 15) is 0 Å². The van der Waals surface area contributed by atoms with E-state index < -0.39 is 0 Å². The molecule has 0 bridgehead atoms. The van der Waals surface area contributed by atoms with Crippen molar-refractivity contribution >= 4 is 27.1 Å². The van der Waals surface area contributed by atoms with E-state index >= 15 is 0 Å². The van der Waals surface area contributed by atoms with E-state index in [2.05, 4.69) is 95.0 Å². The van der Waals surface area contributed by atoms with Gasteiger partial charge in [0.25, 0.3) is 0 Å². The minimum absolute atomic E-state index is 0.889. The van der Waals surface area contributed by atoms with E-state index in [0.29, 0.717) is 0 Å². The third kappa shape index (κ3) is 7.10. The van der Waals surface area contributed by atoms with Crippen LogP contribution in [0.2, 0.25) is 0 Å². The van der Waals surface area contributed by atoms with Gasteiger partial charge in [-0.3, -0.25) is 0 Å². The minimum Gasteiger partial charge on any atom is -0.370 e. The maximum Gasteiger partial charge on any atom is 0.104 e. The van der Waals surface area contributed by atoms with Gasteiger partial charge >= 0.3 is 0 Å². The van der Waals surface area contributed by atoms with Crippen LogP contribution in [0.4, 0.5) is 0 Å². The average Bonchev–Trinajstić information content (AvgIpc) is 3.65. The standard InChI is InChI=1S/C35H51N2S/c1-7-15-33(35-31(8-2)32-16-11-12-17-34(32)38-35)36(25-29-18-19-29)20-13-14-21-37(9-3,10-4)26-30-23-27(5)22-28(6)24-30/h11-12,15-17,22-24,29H,7-10,13-14,18-21,25-26H2,1-6H3/q+1/b33-15-. The molecule has 0 atom stereocenters. The van der Waals surface area contributed by atoms with Crippen LogP contribution in [-0.4, -0.2) is 42.1 Å². The fraction of sp³-hybridized carbons (Fsp3) is 0.543. The lowest BCUT2D eigenvalue weighted by Crippen LogP contribution is -2.47. The second-order valence-corrected chi connectivity index (χ2v) is 12.8. The summed E-state index contributed by atoms with van der Waals surface area (Å²) in [6.45, 7) is 21.1. The molecule has 2 aromatic carbocycles. The maximum absolute atomic E-state index is 2.78. The molecule has 4 rings (SSSR count). The van der Waals surface area contributed by atoms with Crippen LogP contribution in [0.3, 0.4) is 0 Å². The van der Waals surface area contributed by atoms with Gasteiger partial charge in [-0.2, -0.15) is 0 Å². The predicted octanol–water partition coefficient (Wildman–Crippen LogP) is 9.38. The van der Waals surface area contributed by atoms with Gasteiger partial charge in [0.15, 0.2) is 0 Å². The Morgan fingerprint density at radius 3 is 2.32 bits per heavy atom. The molecule has 3 heteroatoms. The third-order valence-corrected chi connectivity index (χ3v) is 9.89. The van der Waals surface area contributed by atoms with Crippen molar-refractivity contribution in [3.05, 3.63) is 75.7 Å². The molecule has 1 saturated carbocycles. The zero-order valence-corrected chi connectivity index (χ0v) is 25.8. The topological polar surface area (TPSA) is 3.24 Å². The highest BCUT2D eigenvalue weighted by Crippen LogP contribution is 2.40. The van der Waals surface area contributed by atoms with Gasteiger partial charge in [-0.25, -0.2) is 0 Å². The first kappa shape index (κ1) is 28.9. The van der Waals surface area contributed by atoms with E-state index in [1.807, 2.05) is 11.3 Å². The first-order chi connectivity index (χ1) is 18.4. The molecule has 0 spiro atoms. The van der Waals surface area contributed by atoms with Gasteiger partial charge in [0, 0.05) is 23.4 Å². The number of thiophene rings is 1. The van der Waals surface area contributed by atoms with Crippen molar-refractivity contribution in [1.82, 2.24) is 4.90 Å². The second kappa shape index (κ2) is 13.3. The van der Waals surface area contributed by atoms with Crippen LogP contribution >= 0.6 is 11.3 Å². The number of aryl methyl sites for hydroxylation is 3. The number of benzene rings is 2. The summed E-state index contributed by atoms with van der Waals surface area (Å²) in [6, 6.07) is 16.1. The summed E-state index contributed by atoms with van der Waals surface area (Å²) >= 11 is 2.01. The van der Waals surface area contributed by atoms with Gasteiger partial charge in [-0.05, 0) is 89.2 Å². The highest BCUT2D eigenvalue weighted by Gasteiger charge is 2.28. The van der Waals surface area contributed by atoms with Gasteiger partial charge in [-0.15, -0.1) is 11.3 Å². The number of hydrogen-bond acceptors (Lipinski definition) is 2. The molecule has 38 heavy (non-hydrogen) atoms. The normalized spacial score (nSPS) is 14.4. The van der Waals surface area contributed by atoms with Crippen LogP contribution in [-0.2, 0) is 13.0 Å². The lowest BCUT2D eigenvalue weighted by molar-refractivity contribution is -0.938. The molecule has 1 heterocycles. The van der Waals surface area contributed by atoms with Crippen molar-refractivity contribution < 1.29 is 4.48 Å². The van der Waals surface area contributed by atoms with Crippen molar-refractivity contribution in [3.8, 4) is 0 Å². The Kier molecular flexibility index (Phi) is 10.1. The summed E-state index contributed by atoms with van der Waals surface area (Å²) in [7, 11) is 0. The van der Waals surface area contributed by atoms with E-state index in [-0.39, 0.29) is 0 Å². The Labute approximate surface area is 237 Å². The smallest absolute Gasteiger partial charge is 0.104 e. The zero-order valence-electron chi connectivity index (χ0n) is 25.0. The molecule has 1 fully saturated rings. The summed E-state index contributed by atoms with van der Waals surface area (Å²) < 4.78 is 2.63. The predicted molar refractivity (Wildman–Crippen MR) is 169 cm³/mol.